The summed E-state index contributed by atoms with van der Waals surface area (Å²) in [5.41, 5.74) is 1.73. The lowest BCUT2D eigenvalue weighted by Gasteiger charge is -1.90. The van der Waals surface area contributed by atoms with E-state index < -0.39 is 0 Å². The lowest BCUT2D eigenvalue weighted by atomic mass is 10.5. The number of thiazole rings is 2. The van der Waals surface area contributed by atoms with Crippen LogP contribution in [0.1, 0.15) is 9.67 Å². The van der Waals surface area contributed by atoms with Gasteiger partial charge in [0.1, 0.15) is 9.88 Å². The van der Waals surface area contributed by atoms with Crippen LogP contribution in [0.4, 0.5) is 0 Å². The lowest BCUT2D eigenvalue weighted by Crippen LogP contribution is -1.96. The minimum atomic E-state index is -0.349. The van der Waals surface area contributed by atoms with Gasteiger partial charge in [0.15, 0.2) is 0 Å². The third-order valence-corrected chi connectivity index (χ3v) is 3.46. The molecule has 0 aliphatic heterocycles. The smallest absolute Gasteiger partial charge is 0.349 e. The van der Waals surface area contributed by atoms with Crippen LogP contribution in [0.5, 0.6) is 0 Å². The highest BCUT2D eigenvalue weighted by atomic mass is 32.1. The van der Waals surface area contributed by atoms with Gasteiger partial charge in [0, 0.05) is 6.20 Å². The predicted octanol–water partition coefficient (Wildman–Crippen LogP) is 2.05. The standard InChI is InChI=1S/C8H6N2O2S2/c1-12-8(11)6-3-10-7(14-6)5-2-9-4-13-5/h2-4H,1H3. The molecule has 0 saturated carbocycles. The monoisotopic (exact) mass is 226 g/mol. The Labute approximate surface area is 88.2 Å². The Morgan fingerprint density at radius 2 is 2.36 bits per heavy atom. The minimum absolute atomic E-state index is 0.349. The summed E-state index contributed by atoms with van der Waals surface area (Å²) in [5, 5.41) is 0.799. The molecule has 2 rings (SSSR count). The summed E-state index contributed by atoms with van der Waals surface area (Å²) in [6, 6.07) is 0. The maximum Gasteiger partial charge on any atom is 0.349 e. The fraction of sp³-hybridized carbons (Fsp3) is 0.125. The van der Waals surface area contributed by atoms with Crippen molar-refractivity contribution in [3.8, 4) is 9.88 Å². The van der Waals surface area contributed by atoms with E-state index in [2.05, 4.69) is 14.7 Å². The number of nitrogens with zero attached hydrogens (tertiary/aromatic N) is 2. The van der Waals surface area contributed by atoms with Gasteiger partial charge in [-0.15, -0.1) is 22.7 Å². The predicted molar refractivity (Wildman–Crippen MR) is 54.6 cm³/mol. The fourth-order valence-electron chi connectivity index (χ4n) is 0.904. The molecule has 6 heteroatoms. The van der Waals surface area contributed by atoms with Gasteiger partial charge in [-0.25, -0.2) is 9.78 Å². The highest BCUT2D eigenvalue weighted by Gasteiger charge is 2.12. The molecule has 0 N–H and O–H groups in total. The Morgan fingerprint density at radius 3 is 3.00 bits per heavy atom. The molecule has 0 aliphatic carbocycles. The topological polar surface area (TPSA) is 52.1 Å². The molecule has 2 heterocycles. The van der Waals surface area contributed by atoms with E-state index in [0.717, 1.165) is 9.88 Å². The van der Waals surface area contributed by atoms with Gasteiger partial charge < -0.3 is 4.74 Å². The molecule has 14 heavy (non-hydrogen) atoms. The van der Waals surface area contributed by atoms with Crippen molar-refractivity contribution in [2.45, 2.75) is 0 Å². The van der Waals surface area contributed by atoms with Crippen LogP contribution in [0.25, 0.3) is 9.88 Å². The second kappa shape index (κ2) is 3.85. The van der Waals surface area contributed by atoms with E-state index in [-0.39, 0.29) is 5.97 Å². The highest BCUT2D eigenvalue weighted by molar-refractivity contribution is 7.21. The molecule has 0 amide bonds. The van der Waals surface area contributed by atoms with Gasteiger partial charge in [0.2, 0.25) is 0 Å². The van der Waals surface area contributed by atoms with Crippen molar-refractivity contribution in [1.29, 1.82) is 0 Å². The van der Waals surface area contributed by atoms with Gasteiger partial charge in [-0.2, -0.15) is 0 Å². The maximum absolute atomic E-state index is 11.1. The SMILES string of the molecule is COC(=O)c1cnc(-c2cncs2)s1. The Kier molecular flexibility index (Phi) is 2.55. The number of rotatable bonds is 2. The molecule has 4 nitrogen and oxygen atoms in total. The summed E-state index contributed by atoms with van der Waals surface area (Å²) >= 11 is 2.80. The molecule has 0 bridgehead atoms. The lowest BCUT2D eigenvalue weighted by molar-refractivity contribution is 0.0606. The summed E-state index contributed by atoms with van der Waals surface area (Å²) in [6.45, 7) is 0. The number of ether oxygens (including phenoxy) is 1. The quantitative estimate of drug-likeness (QED) is 0.735. The van der Waals surface area contributed by atoms with Crippen LogP contribution in [0.2, 0.25) is 0 Å². The van der Waals surface area contributed by atoms with Gasteiger partial charge in [0.05, 0.1) is 23.7 Å². The van der Waals surface area contributed by atoms with Gasteiger partial charge in [-0.05, 0) is 0 Å². The zero-order chi connectivity index (χ0) is 9.97. The molecule has 0 atom stereocenters. The van der Waals surface area contributed by atoms with E-state index in [9.17, 15) is 4.79 Å². The Hall–Kier alpha value is -1.27. The summed E-state index contributed by atoms with van der Waals surface area (Å²) in [4.78, 5) is 20.7. The van der Waals surface area contributed by atoms with Gasteiger partial charge in [0.25, 0.3) is 0 Å². The first kappa shape index (κ1) is 9.29. The maximum atomic E-state index is 11.1. The molecule has 0 saturated heterocycles. The van der Waals surface area contributed by atoms with E-state index in [1.165, 1.54) is 36.0 Å². The average Bonchev–Trinajstić information content (AvgIpc) is 2.86. The normalized spacial score (nSPS) is 10.1. The van der Waals surface area contributed by atoms with Gasteiger partial charge in [-0.1, -0.05) is 0 Å². The summed E-state index contributed by atoms with van der Waals surface area (Å²) in [6.07, 6.45) is 3.25. The van der Waals surface area contributed by atoms with Crippen molar-refractivity contribution in [3.05, 3.63) is 22.8 Å². The average molecular weight is 226 g/mol. The number of carbonyl (C=O) groups excluding carboxylic acids is 1. The van der Waals surface area contributed by atoms with E-state index in [0.29, 0.717) is 4.88 Å². The van der Waals surface area contributed by atoms with E-state index in [1.807, 2.05) is 0 Å². The number of methoxy groups -OCH3 is 1. The van der Waals surface area contributed by atoms with Crippen LogP contribution in [-0.2, 0) is 4.74 Å². The molecular formula is C8H6N2O2S2. The second-order valence-corrected chi connectivity index (χ2v) is 4.30. The zero-order valence-electron chi connectivity index (χ0n) is 7.26. The van der Waals surface area contributed by atoms with E-state index in [4.69, 9.17) is 0 Å². The minimum Gasteiger partial charge on any atom is -0.465 e. The Morgan fingerprint density at radius 1 is 1.50 bits per heavy atom. The molecule has 72 valence electrons. The van der Waals surface area contributed by atoms with Crippen molar-refractivity contribution in [2.24, 2.45) is 0 Å². The van der Waals surface area contributed by atoms with Crippen LogP contribution >= 0.6 is 22.7 Å². The second-order valence-electron chi connectivity index (χ2n) is 2.39. The molecule has 0 unspecified atom stereocenters. The number of carbonyl (C=O) groups is 1. The van der Waals surface area contributed by atoms with Crippen molar-refractivity contribution < 1.29 is 9.53 Å². The molecule has 0 radical (unpaired) electrons. The third-order valence-electron chi connectivity index (χ3n) is 1.54. The molecule has 2 aromatic heterocycles. The van der Waals surface area contributed by atoms with Crippen molar-refractivity contribution in [1.82, 2.24) is 9.97 Å². The molecule has 0 spiro atoms. The van der Waals surface area contributed by atoms with Crippen LogP contribution < -0.4 is 0 Å². The number of esters is 1. The van der Waals surface area contributed by atoms with Crippen LogP contribution in [0.3, 0.4) is 0 Å². The van der Waals surface area contributed by atoms with Crippen molar-refractivity contribution in [3.63, 3.8) is 0 Å². The molecular weight excluding hydrogens is 220 g/mol. The van der Waals surface area contributed by atoms with Crippen LogP contribution in [0, 0.1) is 0 Å². The Balaban J connectivity index is 2.31. The van der Waals surface area contributed by atoms with Crippen molar-refractivity contribution in [2.75, 3.05) is 7.11 Å². The molecule has 0 aliphatic rings. The number of hydrogen-bond acceptors (Lipinski definition) is 6. The fourth-order valence-corrected chi connectivity index (χ4v) is 2.42. The first-order chi connectivity index (χ1) is 6.81. The summed E-state index contributed by atoms with van der Waals surface area (Å²) < 4.78 is 4.59. The summed E-state index contributed by atoms with van der Waals surface area (Å²) in [5.74, 6) is -0.349. The third kappa shape index (κ3) is 1.66. The van der Waals surface area contributed by atoms with Gasteiger partial charge in [-0.3, -0.25) is 4.98 Å². The first-order valence-corrected chi connectivity index (χ1v) is 5.44. The van der Waals surface area contributed by atoms with Crippen LogP contribution in [-0.4, -0.2) is 23.0 Å². The first-order valence-electron chi connectivity index (χ1n) is 3.74. The highest BCUT2D eigenvalue weighted by Crippen LogP contribution is 2.27. The van der Waals surface area contributed by atoms with Gasteiger partial charge >= 0.3 is 5.97 Å². The van der Waals surface area contributed by atoms with E-state index >= 15 is 0 Å². The largest absolute Gasteiger partial charge is 0.465 e. The Bertz CT molecular complexity index is 436. The molecule has 0 aromatic carbocycles. The zero-order valence-corrected chi connectivity index (χ0v) is 8.89. The molecule has 0 fully saturated rings. The van der Waals surface area contributed by atoms with E-state index in [1.54, 1.807) is 11.7 Å². The van der Waals surface area contributed by atoms with Crippen LogP contribution in [0.15, 0.2) is 17.9 Å². The van der Waals surface area contributed by atoms with Crippen molar-refractivity contribution >= 4 is 28.6 Å². The molecule has 2 aromatic rings. The number of hydrogen-bond donors (Lipinski definition) is 0. The number of aromatic nitrogens is 2. The summed E-state index contributed by atoms with van der Waals surface area (Å²) in [7, 11) is 1.36.